The summed E-state index contributed by atoms with van der Waals surface area (Å²) in [5.41, 5.74) is 0.0624. The van der Waals surface area contributed by atoms with E-state index in [9.17, 15) is 14.9 Å². The van der Waals surface area contributed by atoms with Gasteiger partial charge in [0.1, 0.15) is 11.9 Å². The van der Waals surface area contributed by atoms with Crippen LogP contribution in [0.15, 0.2) is 24.3 Å². The zero-order chi connectivity index (χ0) is 18.8. The molecule has 3 unspecified atom stereocenters. The van der Waals surface area contributed by atoms with Gasteiger partial charge >= 0.3 is 0 Å². The highest BCUT2D eigenvalue weighted by Crippen LogP contribution is 2.34. The lowest BCUT2D eigenvalue weighted by Crippen LogP contribution is -2.49. The number of nitrogens with one attached hydrogen (secondary N) is 1. The normalized spacial score (nSPS) is 28.6. The molecule has 3 atom stereocenters. The molecule has 1 aromatic rings. The highest BCUT2D eigenvalue weighted by molar-refractivity contribution is 5.82. The lowest BCUT2D eigenvalue weighted by Gasteiger charge is -2.33. The number of carbonyl (C=O) groups is 1. The van der Waals surface area contributed by atoms with E-state index in [2.05, 4.69) is 5.32 Å². The van der Waals surface area contributed by atoms with Gasteiger partial charge in [-0.25, -0.2) is 0 Å². The van der Waals surface area contributed by atoms with Gasteiger partial charge in [-0.15, -0.1) is 0 Å². The second kappa shape index (κ2) is 7.84. The van der Waals surface area contributed by atoms with Crippen LogP contribution in [0.5, 0.6) is 5.75 Å². The topological polar surface area (TPSA) is 84.7 Å². The number of non-ortho nitro benzene ring substituents is 1. The van der Waals surface area contributed by atoms with Crippen molar-refractivity contribution in [3.05, 3.63) is 34.4 Å². The van der Waals surface area contributed by atoms with Crippen molar-refractivity contribution in [1.29, 1.82) is 0 Å². The molecular weight excluding hydrogens is 346 g/mol. The van der Waals surface area contributed by atoms with E-state index in [-0.39, 0.29) is 23.7 Å². The van der Waals surface area contributed by atoms with E-state index in [1.807, 2.05) is 4.90 Å². The maximum absolute atomic E-state index is 12.9. The quantitative estimate of drug-likeness (QED) is 0.648. The van der Waals surface area contributed by atoms with Crippen LogP contribution in [0.2, 0.25) is 0 Å². The summed E-state index contributed by atoms with van der Waals surface area (Å²) in [6, 6.07) is 6.72. The molecule has 4 rings (SSSR count). The number of ether oxygens (including phenoxy) is 1. The number of nitrogens with zero attached hydrogens (tertiary/aromatic N) is 2. The van der Waals surface area contributed by atoms with Crippen LogP contribution < -0.4 is 10.1 Å². The van der Waals surface area contributed by atoms with E-state index >= 15 is 0 Å². The van der Waals surface area contributed by atoms with Gasteiger partial charge in [0.25, 0.3) is 5.69 Å². The van der Waals surface area contributed by atoms with Crippen LogP contribution in [0, 0.1) is 16.0 Å². The molecule has 1 aliphatic carbocycles. The predicted molar refractivity (Wildman–Crippen MR) is 101 cm³/mol. The van der Waals surface area contributed by atoms with Gasteiger partial charge in [-0.05, 0) is 37.3 Å². The maximum Gasteiger partial charge on any atom is 0.269 e. The van der Waals surface area contributed by atoms with Gasteiger partial charge in [0, 0.05) is 44.1 Å². The molecule has 0 spiro atoms. The third-order valence-corrected chi connectivity index (χ3v) is 6.26. The average molecular weight is 373 g/mol. The minimum absolute atomic E-state index is 0.00904. The third kappa shape index (κ3) is 4.08. The summed E-state index contributed by atoms with van der Waals surface area (Å²) in [6.07, 6.45) is 7.67. The number of hydrogen-bond donors (Lipinski definition) is 1. The first-order valence-electron chi connectivity index (χ1n) is 10.1. The fourth-order valence-electron chi connectivity index (χ4n) is 4.76. The molecule has 1 aromatic carbocycles. The fraction of sp³-hybridized carbons (Fsp3) is 0.650. The van der Waals surface area contributed by atoms with Crippen molar-refractivity contribution in [1.82, 2.24) is 10.2 Å². The number of likely N-dealkylation sites (tertiary alicyclic amines) is 1. The lowest BCUT2D eigenvalue weighted by molar-refractivity contribution is -0.384. The minimum atomic E-state index is -0.416. The van der Waals surface area contributed by atoms with E-state index in [1.165, 1.54) is 37.8 Å². The standard InChI is InChI=1S/C20H27N3O4/c24-20(19-13-14-3-1-2-4-18(14)21-19)22-11-9-17(10-12-22)27-16-7-5-15(6-8-16)23(25)26/h5-8,14,17-19,21H,1-4,9-13H2. The molecule has 1 N–H and O–H groups in total. The largest absolute Gasteiger partial charge is 0.490 e. The highest BCUT2D eigenvalue weighted by atomic mass is 16.6. The van der Waals surface area contributed by atoms with Crippen LogP contribution >= 0.6 is 0 Å². The van der Waals surface area contributed by atoms with E-state index in [0.29, 0.717) is 30.8 Å². The molecule has 27 heavy (non-hydrogen) atoms. The Morgan fingerprint density at radius 1 is 1.11 bits per heavy atom. The first-order chi connectivity index (χ1) is 13.1. The second-order valence-electron chi connectivity index (χ2n) is 8.00. The molecule has 1 saturated carbocycles. The van der Waals surface area contributed by atoms with Crippen molar-refractivity contribution in [3.8, 4) is 5.75 Å². The first kappa shape index (κ1) is 18.2. The molecule has 0 aromatic heterocycles. The molecule has 7 heteroatoms. The minimum Gasteiger partial charge on any atom is -0.490 e. The molecule has 2 heterocycles. The summed E-state index contributed by atoms with van der Waals surface area (Å²) in [5.74, 6) is 1.57. The summed E-state index contributed by atoms with van der Waals surface area (Å²) in [6.45, 7) is 1.42. The van der Waals surface area contributed by atoms with Gasteiger partial charge in [-0.1, -0.05) is 12.8 Å². The van der Waals surface area contributed by atoms with E-state index < -0.39 is 4.92 Å². The Balaban J connectivity index is 1.26. The summed E-state index contributed by atoms with van der Waals surface area (Å²) >= 11 is 0. The molecular formula is C20H27N3O4. The number of benzene rings is 1. The fourth-order valence-corrected chi connectivity index (χ4v) is 4.76. The second-order valence-corrected chi connectivity index (χ2v) is 8.00. The van der Waals surface area contributed by atoms with Crippen LogP contribution in [0.25, 0.3) is 0 Å². The van der Waals surface area contributed by atoms with Crippen molar-refractivity contribution in [3.63, 3.8) is 0 Å². The Morgan fingerprint density at radius 3 is 2.48 bits per heavy atom. The monoisotopic (exact) mass is 373 g/mol. The number of hydrogen-bond acceptors (Lipinski definition) is 5. The zero-order valence-electron chi connectivity index (χ0n) is 15.5. The van der Waals surface area contributed by atoms with Crippen LogP contribution in [0.1, 0.15) is 44.9 Å². The Hall–Kier alpha value is -2.15. The molecule has 2 saturated heterocycles. The summed E-state index contributed by atoms with van der Waals surface area (Å²) in [7, 11) is 0. The highest BCUT2D eigenvalue weighted by Gasteiger charge is 2.40. The Kier molecular flexibility index (Phi) is 5.29. The van der Waals surface area contributed by atoms with Gasteiger partial charge in [-0.3, -0.25) is 14.9 Å². The molecule has 1 amide bonds. The van der Waals surface area contributed by atoms with E-state index in [1.54, 1.807) is 12.1 Å². The van der Waals surface area contributed by atoms with Crippen molar-refractivity contribution in [2.75, 3.05) is 13.1 Å². The van der Waals surface area contributed by atoms with Crippen molar-refractivity contribution in [2.45, 2.75) is 63.1 Å². The van der Waals surface area contributed by atoms with Gasteiger partial charge < -0.3 is 15.0 Å². The van der Waals surface area contributed by atoms with Gasteiger partial charge in [0.2, 0.25) is 5.91 Å². The molecule has 3 fully saturated rings. The van der Waals surface area contributed by atoms with Crippen LogP contribution in [-0.2, 0) is 4.79 Å². The van der Waals surface area contributed by atoms with E-state index in [4.69, 9.17) is 4.74 Å². The van der Waals surface area contributed by atoms with Gasteiger partial charge in [-0.2, -0.15) is 0 Å². The number of piperidine rings is 1. The molecule has 0 bridgehead atoms. The SMILES string of the molecule is O=C(C1CC2CCCCC2N1)N1CCC(Oc2ccc([N+](=O)[O-])cc2)CC1. The molecule has 3 aliphatic rings. The smallest absolute Gasteiger partial charge is 0.269 e. The summed E-state index contributed by atoms with van der Waals surface area (Å²) in [5, 5.41) is 14.3. The third-order valence-electron chi connectivity index (χ3n) is 6.26. The predicted octanol–water partition coefficient (Wildman–Crippen LogP) is 2.89. The molecule has 7 nitrogen and oxygen atoms in total. The number of nitro benzene ring substituents is 1. The average Bonchev–Trinajstić information content (AvgIpc) is 3.13. The molecule has 2 aliphatic heterocycles. The summed E-state index contributed by atoms with van der Waals surface area (Å²) in [4.78, 5) is 25.1. The van der Waals surface area contributed by atoms with Gasteiger partial charge in [0.15, 0.2) is 0 Å². The number of carbonyl (C=O) groups excluding carboxylic acids is 1. The van der Waals surface area contributed by atoms with Crippen LogP contribution in [0.4, 0.5) is 5.69 Å². The molecule has 146 valence electrons. The number of nitro groups is 1. The zero-order valence-corrected chi connectivity index (χ0v) is 15.5. The van der Waals surface area contributed by atoms with Crippen molar-refractivity contribution in [2.24, 2.45) is 5.92 Å². The van der Waals surface area contributed by atoms with Crippen molar-refractivity contribution < 1.29 is 14.5 Å². The van der Waals surface area contributed by atoms with Crippen molar-refractivity contribution >= 4 is 11.6 Å². The number of fused-ring (bicyclic) bond motifs is 1. The first-order valence-corrected chi connectivity index (χ1v) is 10.1. The maximum atomic E-state index is 12.9. The summed E-state index contributed by atoms with van der Waals surface area (Å²) < 4.78 is 5.94. The number of amides is 1. The lowest BCUT2D eigenvalue weighted by atomic mass is 9.85. The van der Waals surface area contributed by atoms with Crippen LogP contribution in [-0.4, -0.2) is 47.0 Å². The van der Waals surface area contributed by atoms with Gasteiger partial charge in [0.05, 0.1) is 11.0 Å². The molecule has 0 radical (unpaired) electrons. The van der Waals surface area contributed by atoms with E-state index in [0.717, 1.165) is 19.3 Å². The number of rotatable bonds is 4. The Bertz CT molecular complexity index is 671. The Morgan fingerprint density at radius 2 is 1.81 bits per heavy atom. The Labute approximate surface area is 159 Å². The van der Waals surface area contributed by atoms with Crippen LogP contribution in [0.3, 0.4) is 0 Å².